The smallest absolute Gasteiger partial charge is 0.339 e. The number of ether oxygens (including phenoxy) is 1. The summed E-state index contributed by atoms with van der Waals surface area (Å²) in [5, 5.41) is 2.64. The average Bonchev–Trinajstić information content (AvgIpc) is 2.41. The van der Waals surface area contributed by atoms with Crippen LogP contribution in [0.1, 0.15) is 15.9 Å². The molecule has 0 amide bonds. The van der Waals surface area contributed by atoms with Crippen molar-refractivity contribution in [3.05, 3.63) is 29.3 Å². The predicted octanol–water partition coefficient (Wildman–Crippen LogP) is 0.601. The number of rotatable bonds is 7. The molecule has 0 fully saturated rings. The summed E-state index contributed by atoms with van der Waals surface area (Å²) in [6.07, 6.45) is 0. The van der Waals surface area contributed by atoms with Gasteiger partial charge in [-0.05, 0) is 17.7 Å². The first-order valence-electron chi connectivity index (χ1n) is 5.36. The van der Waals surface area contributed by atoms with Gasteiger partial charge in [-0.15, -0.1) is 0 Å². The minimum atomic E-state index is -4.13. The zero-order chi connectivity index (χ0) is 16.0. The zero-order valence-electron chi connectivity index (χ0n) is 10.7. The van der Waals surface area contributed by atoms with Gasteiger partial charge in [-0.2, -0.15) is 4.21 Å². The van der Waals surface area contributed by atoms with Crippen molar-refractivity contribution in [3.63, 3.8) is 0 Å². The second kappa shape index (κ2) is 7.82. The van der Waals surface area contributed by atoms with Gasteiger partial charge in [-0.1, -0.05) is 6.07 Å². The molecule has 0 spiro atoms. The van der Waals surface area contributed by atoms with Gasteiger partial charge in [0.25, 0.3) is 9.05 Å². The number of benzene rings is 1. The van der Waals surface area contributed by atoms with E-state index in [1.165, 1.54) is 18.2 Å². The fraction of sp³-hybridized carbons (Fsp3) is 0.300. The van der Waals surface area contributed by atoms with E-state index in [-0.39, 0.29) is 23.7 Å². The van der Waals surface area contributed by atoms with Crippen LogP contribution < -0.4 is 5.32 Å². The molecule has 0 aliphatic heterocycles. The summed E-state index contributed by atoms with van der Waals surface area (Å²) in [5.74, 6) is -0.826. The van der Waals surface area contributed by atoms with E-state index in [4.69, 9.17) is 15.2 Å². The molecule has 0 saturated heterocycles. The van der Waals surface area contributed by atoms with Crippen LogP contribution >= 0.6 is 10.7 Å². The Kier molecular flexibility index (Phi) is 6.71. The van der Waals surface area contributed by atoms with Crippen LogP contribution in [0.4, 0.5) is 0 Å². The molecule has 0 bridgehead atoms. The van der Waals surface area contributed by atoms with Crippen LogP contribution in [0.2, 0.25) is 0 Å². The Hall–Kier alpha value is -1.04. The van der Waals surface area contributed by atoms with Gasteiger partial charge >= 0.3 is 17.3 Å². The van der Waals surface area contributed by atoms with Crippen molar-refractivity contribution in [1.29, 1.82) is 0 Å². The lowest BCUT2D eigenvalue weighted by Crippen LogP contribution is -2.18. The van der Waals surface area contributed by atoms with Crippen molar-refractivity contribution in [3.8, 4) is 0 Å². The lowest BCUT2D eigenvalue weighted by Gasteiger charge is -2.09. The van der Waals surface area contributed by atoms with Crippen molar-refractivity contribution >= 4 is 37.1 Å². The number of nitrogens with one attached hydrogen (secondary N) is 1. The third-order valence-electron chi connectivity index (χ3n) is 2.30. The lowest BCUT2D eigenvalue weighted by molar-refractivity contribution is 0.0596. The molecule has 0 aromatic heterocycles. The molecule has 0 saturated carbocycles. The highest BCUT2D eigenvalue weighted by Crippen LogP contribution is 2.22. The molecular weight excluding hydrogens is 346 g/mol. The SMILES string of the molecule is COC(=O)c1ccc(CNCOS(=O)O)cc1S(=O)(=O)Cl. The highest BCUT2D eigenvalue weighted by atomic mass is 35.7. The molecule has 0 heterocycles. The molecular formula is C10H12ClNO7S2. The molecule has 1 rings (SSSR count). The zero-order valence-corrected chi connectivity index (χ0v) is 13.1. The third-order valence-corrected chi connectivity index (χ3v) is 3.99. The predicted molar refractivity (Wildman–Crippen MR) is 74.4 cm³/mol. The molecule has 21 heavy (non-hydrogen) atoms. The van der Waals surface area contributed by atoms with Crippen molar-refractivity contribution in [1.82, 2.24) is 5.32 Å². The average molecular weight is 358 g/mol. The summed E-state index contributed by atoms with van der Waals surface area (Å²) >= 11 is -2.39. The van der Waals surface area contributed by atoms with E-state index in [1.807, 2.05) is 0 Å². The maximum atomic E-state index is 11.5. The molecule has 2 N–H and O–H groups in total. The highest BCUT2D eigenvalue weighted by Gasteiger charge is 2.21. The first-order chi connectivity index (χ1) is 9.75. The van der Waals surface area contributed by atoms with Crippen molar-refractivity contribution in [2.45, 2.75) is 11.4 Å². The van der Waals surface area contributed by atoms with Gasteiger partial charge in [0.2, 0.25) is 0 Å². The summed E-state index contributed by atoms with van der Waals surface area (Å²) in [4.78, 5) is 11.1. The number of hydrogen-bond donors (Lipinski definition) is 2. The standard InChI is InChI=1S/C10H12ClNO7S2/c1-18-10(13)8-3-2-7(4-9(8)21(11,16)17)5-12-6-19-20(14)15/h2-4,12H,5-6H2,1H3,(H,14,15). The summed E-state index contributed by atoms with van der Waals surface area (Å²) in [5.41, 5.74) is 0.304. The first kappa shape index (κ1) is 18.0. The second-order valence-electron chi connectivity index (χ2n) is 3.67. The number of methoxy groups -OCH3 is 1. The number of carbonyl (C=O) groups is 1. The Morgan fingerprint density at radius 3 is 2.67 bits per heavy atom. The summed E-state index contributed by atoms with van der Waals surface area (Å²) < 4.78 is 50.4. The quantitative estimate of drug-likeness (QED) is 0.239. The molecule has 0 aliphatic rings. The number of esters is 1. The van der Waals surface area contributed by atoms with E-state index in [0.29, 0.717) is 5.56 Å². The van der Waals surface area contributed by atoms with E-state index in [0.717, 1.165) is 7.11 Å². The van der Waals surface area contributed by atoms with Crippen molar-refractivity contribution < 1.29 is 30.9 Å². The van der Waals surface area contributed by atoms with Gasteiger partial charge in [0.15, 0.2) is 0 Å². The molecule has 1 atom stereocenters. The van der Waals surface area contributed by atoms with Crippen molar-refractivity contribution in [2.24, 2.45) is 0 Å². The van der Waals surface area contributed by atoms with Crippen LogP contribution in [-0.2, 0) is 35.9 Å². The van der Waals surface area contributed by atoms with Crippen LogP contribution in [-0.4, -0.2) is 37.0 Å². The van der Waals surface area contributed by atoms with Gasteiger partial charge in [0.1, 0.15) is 6.73 Å². The summed E-state index contributed by atoms with van der Waals surface area (Å²) in [6, 6.07) is 3.96. The monoisotopic (exact) mass is 357 g/mol. The minimum Gasteiger partial charge on any atom is -0.465 e. The molecule has 8 nitrogen and oxygen atoms in total. The van der Waals surface area contributed by atoms with E-state index in [9.17, 15) is 17.4 Å². The molecule has 118 valence electrons. The number of halogens is 1. The summed E-state index contributed by atoms with van der Waals surface area (Å²) in [6.45, 7) is -0.0805. The fourth-order valence-corrected chi connectivity index (χ4v) is 2.72. The number of hydrogen-bond acceptors (Lipinski definition) is 7. The molecule has 0 aliphatic carbocycles. The third kappa shape index (κ3) is 5.69. The normalized spacial score (nSPS) is 12.9. The fourth-order valence-electron chi connectivity index (χ4n) is 1.44. The molecule has 1 aromatic rings. The van der Waals surface area contributed by atoms with Crippen LogP contribution in [0.25, 0.3) is 0 Å². The molecule has 0 radical (unpaired) electrons. The van der Waals surface area contributed by atoms with Gasteiger partial charge in [-0.25, -0.2) is 13.2 Å². The molecule has 1 aromatic carbocycles. The maximum Gasteiger partial charge on any atom is 0.339 e. The maximum absolute atomic E-state index is 11.5. The Balaban J connectivity index is 2.95. The van der Waals surface area contributed by atoms with Crippen LogP contribution in [0.3, 0.4) is 0 Å². The lowest BCUT2D eigenvalue weighted by atomic mass is 10.1. The molecule has 11 heteroatoms. The summed E-state index contributed by atoms with van der Waals surface area (Å²) in [7, 11) is 2.27. The van der Waals surface area contributed by atoms with E-state index >= 15 is 0 Å². The van der Waals surface area contributed by atoms with Crippen LogP contribution in [0.15, 0.2) is 23.1 Å². The van der Waals surface area contributed by atoms with Gasteiger partial charge in [0, 0.05) is 17.2 Å². The Morgan fingerprint density at radius 1 is 1.48 bits per heavy atom. The Morgan fingerprint density at radius 2 is 2.14 bits per heavy atom. The largest absolute Gasteiger partial charge is 0.465 e. The van der Waals surface area contributed by atoms with E-state index in [2.05, 4.69) is 14.2 Å². The topological polar surface area (TPSA) is 119 Å². The highest BCUT2D eigenvalue weighted by molar-refractivity contribution is 8.13. The van der Waals surface area contributed by atoms with E-state index < -0.39 is 26.4 Å². The van der Waals surface area contributed by atoms with Gasteiger partial charge < -0.3 is 4.74 Å². The van der Waals surface area contributed by atoms with Crippen molar-refractivity contribution in [2.75, 3.05) is 13.8 Å². The van der Waals surface area contributed by atoms with Gasteiger partial charge in [0.05, 0.1) is 17.6 Å². The minimum absolute atomic E-state index is 0.137. The number of carbonyl (C=O) groups excluding carboxylic acids is 1. The van der Waals surface area contributed by atoms with Crippen LogP contribution in [0.5, 0.6) is 0 Å². The molecule has 1 unspecified atom stereocenters. The van der Waals surface area contributed by atoms with E-state index in [1.54, 1.807) is 0 Å². The Bertz CT molecular complexity index is 647. The second-order valence-corrected chi connectivity index (χ2v) is 6.87. The van der Waals surface area contributed by atoms with Gasteiger partial charge in [-0.3, -0.25) is 14.1 Å². The van der Waals surface area contributed by atoms with Crippen LogP contribution in [0, 0.1) is 0 Å². The first-order valence-corrected chi connectivity index (χ1v) is 8.70. The Labute approximate surface area is 128 Å².